The number of hydrogen-bond acceptors (Lipinski definition) is 9. The molecule has 194 valence electrons. The Hall–Kier alpha value is -4.45. The summed E-state index contributed by atoms with van der Waals surface area (Å²) in [5.41, 5.74) is -2.51. The van der Waals surface area contributed by atoms with Crippen molar-refractivity contribution in [3.05, 3.63) is 30.1 Å². The van der Waals surface area contributed by atoms with Crippen LogP contribution in [0, 0.1) is 12.5 Å². The Labute approximate surface area is 214 Å². The van der Waals surface area contributed by atoms with Crippen molar-refractivity contribution in [2.75, 3.05) is 25.0 Å². The number of carbonyl (C=O) groups excluding carboxylic acids is 1. The summed E-state index contributed by atoms with van der Waals surface area (Å²) in [6, 6.07) is 0.325. The van der Waals surface area contributed by atoms with Gasteiger partial charge in [0.1, 0.15) is 19.1 Å². The molecule has 2 aromatic rings. The Balaban J connectivity index is 0.000000420. The molecule has 1 fully saturated rings. The van der Waals surface area contributed by atoms with E-state index in [1.54, 1.807) is 0 Å². The van der Waals surface area contributed by atoms with Gasteiger partial charge in [-0.1, -0.05) is 11.7 Å². The van der Waals surface area contributed by atoms with Gasteiger partial charge in [-0.3, -0.25) is 14.5 Å². The number of aliphatic carboxylic acids is 3. The summed E-state index contributed by atoms with van der Waals surface area (Å²) in [6.45, 7) is 1.01. The average molecular weight is 514 g/mol. The number of hydrogen-bond donors (Lipinski definition) is 5. The van der Waals surface area contributed by atoms with Gasteiger partial charge in [-0.05, 0) is 23.4 Å². The Kier molecular flexibility index (Phi) is 6.17. The molecule has 1 saturated heterocycles. The number of amides is 1. The van der Waals surface area contributed by atoms with E-state index in [1.807, 2.05) is 0 Å². The van der Waals surface area contributed by atoms with Crippen LogP contribution in [-0.2, 0) is 19.2 Å². The topological polar surface area (TPSA) is 211 Å². The summed E-state index contributed by atoms with van der Waals surface area (Å²) in [4.78, 5) is 59.5. The quantitative estimate of drug-likeness (QED) is 0.257. The Morgan fingerprint density at radius 2 is 2.03 bits per heavy atom. The molecule has 15 heteroatoms. The van der Waals surface area contributed by atoms with Crippen LogP contribution in [0.5, 0.6) is 0 Å². The van der Waals surface area contributed by atoms with Crippen molar-refractivity contribution in [1.29, 1.82) is 0 Å². The van der Waals surface area contributed by atoms with Crippen LogP contribution in [-0.4, -0.2) is 96.0 Å². The molecular weight excluding hydrogens is 480 g/mol. The van der Waals surface area contributed by atoms with Gasteiger partial charge in [0.2, 0.25) is 0 Å². The first kappa shape index (κ1) is 18.8. The number of carboxylic acids is 3. The number of fused-ring (bicyclic) bond motifs is 1. The highest BCUT2D eigenvalue weighted by atomic mass is 16.7. The number of likely N-dealkylation sites (tertiary alicyclic amines) is 1. The summed E-state index contributed by atoms with van der Waals surface area (Å²) < 4.78 is 55.8. The van der Waals surface area contributed by atoms with E-state index in [9.17, 15) is 19.2 Å². The maximum Gasteiger partial charge on any atom is 0.493 e. The normalized spacial score (nSPS) is 20.9. The molecule has 1 aliphatic heterocycles. The second-order valence-corrected chi connectivity index (χ2v) is 7.59. The van der Waals surface area contributed by atoms with E-state index >= 15 is 0 Å². The van der Waals surface area contributed by atoms with Gasteiger partial charge >= 0.3 is 24.0 Å². The molecule has 0 saturated carbocycles. The number of nitrogens with one attached hydrogen (secondary N) is 1. The summed E-state index contributed by atoms with van der Waals surface area (Å²) in [5.74, 6) is -6.26. The van der Waals surface area contributed by atoms with Crippen molar-refractivity contribution in [2.45, 2.75) is 37.8 Å². The number of carboxylic acid groups (broad SMARTS) is 3. The van der Waals surface area contributed by atoms with Crippen molar-refractivity contribution in [3.63, 3.8) is 0 Å². The third-order valence-electron chi connectivity index (χ3n) is 5.09. The van der Waals surface area contributed by atoms with Gasteiger partial charge < -0.3 is 30.3 Å². The lowest BCUT2D eigenvalue weighted by Gasteiger charge is -2.40. The molecule has 2 aromatic heterocycles. The van der Waals surface area contributed by atoms with E-state index in [4.69, 9.17) is 36.6 Å². The van der Waals surface area contributed by atoms with Crippen molar-refractivity contribution in [3.8, 4) is 0 Å². The third kappa shape index (κ3) is 6.79. The number of rotatable bonds is 7. The van der Waals surface area contributed by atoms with Crippen molar-refractivity contribution in [2.24, 2.45) is 5.92 Å². The molecule has 0 aliphatic carbocycles. The molecule has 36 heavy (non-hydrogen) atoms. The second-order valence-electron chi connectivity index (χ2n) is 7.59. The monoisotopic (exact) mass is 513 g/mol. The number of anilines is 1. The largest absolute Gasteiger partial charge is 0.493 e. The minimum atomic E-state index is -2.84. The standard InChI is InChI=1S/C15H18N6O2.C6H8O7/c1-10-5-7-21(15(22)23-16-2)8-12(10)20(3)14-11-4-6-17-13(11)18-9-19-14;7-3(8)1-6(13,5(11)12)2-4(9)10/h4,6,9-10,12H,5,7-8H2,1,3H3,(H,17,18,19);13H,1-2H2,(H,7,8)(H,9,10)(H,11,12)/t10-,12+;/m1./s1/i1D3,3D3,9D;. The first-order valence-electron chi connectivity index (χ1n) is 13.5. The maximum absolute atomic E-state index is 12.1. The summed E-state index contributed by atoms with van der Waals surface area (Å²) in [7, 11) is 0. The summed E-state index contributed by atoms with van der Waals surface area (Å²) >= 11 is 0. The molecule has 5 N–H and O–H groups in total. The number of piperidine rings is 1. The van der Waals surface area contributed by atoms with Gasteiger partial charge in [0, 0.05) is 34.5 Å². The zero-order valence-electron chi connectivity index (χ0n) is 25.4. The van der Waals surface area contributed by atoms with Gasteiger partial charge in [-0.15, -0.1) is 0 Å². The zero-order valence-corrected chi connectivity index (χ0v) is 18.4. The Morgan fingerprint density at radius 3 is 2.58 bits per heavy atom. The first-order chi connectivity index (χ1) is 19.7. The average Bonchev–Trinajstić information content (AvgIpc) is 3.30. The lowest BCUT2D eigenvalue weighted by Crippen LogP contribution is -2.52. The lowest BCUT2D eigenvalue weighted by molar-refractivity contribution is -0.170. The number of aliphatic hydroxyl groups is 1. The Bertz CT molecular complexity index is 1390. The van der Waals surface area contributed by atoms with Gasteiger partial charge in [-0.25, -0.2) is 19.6 Å². The van der Waals surface area contributed by atoms with Crippen molar-refractivity contribution < 1.29 is 54.0 Å². The second kappa shape index (κ2) is 11.8. The Morgan fingerprint density at radius 1 is 1.33 bits per heavy atom. The SMILES string of the molecule is O=C(O)CC(O)(CC(=O)O)C(=O)O.[2H]c1nc(N([C@H]2CN(C(=O)O[N+]#[C-])CC[C@H]2C([2H])([2H])[2H])C([2H])([2H])[2H])c2cc[nH]c2n1. The highest BCUT2D eigenvalue weighted by Crippen LogP contribution is 2.28. The fourth-order valence-corrected chi connectivity index (χ4v) is 3.33. The van der Waals surface area contributed by atoms with Gasteiger partial charge in [0.05, 0.1) is 24.3 Å². The van der Waals surface area contributed by atoms with Crippen LogP contribution in [0.2, 0.25) is 0 Å². The summed E-state index contributed by atoms with van der Waals surface area (Å²) in [6.07, 6.45) is -2.25. The van der Waals surface area contributed by atoms with Crippen LogP contribution < -0.4 is 4.90 Å². The van der Waals surface area contributed by atoms with E-state index in [1.165, 1.54) is 12.3 Å². The number of likely N-dealkylation sites (N-methyl/N-ethyl adjacent to an activating group) is 1. The molecule has 15 nitrogen and oxygen atoms in total. The minimum Gasteiger partial charge on any atom is -0.481 e. The molecule has 0 unspecified atom stereocenters. The van der Waals surface area contributed by atoms with Crippen LogP contribution in [0.15, 0.2) is 18.6 Å². The lowest BCUT2D eigenvalue weighted by atomic mass is 9.92. The van der Waals surface area contributed by atoms with E-state index in [0.717, 1.165) is 9.80 Å². The van der Waals surface area contributed by atoms with Crippen LogP contribution >= 0.6 is 0 Å². The van der Waals surface area contributed by atoms with Crippen molar-refractivity contribution in [1.82, 2.24) is 19.9 Å². The van der Waals surface area contributed by atoms with Crippen molar-refractivity contribution >= 4 is 40.9 Å². The van der Waals surface area contributed by atoms with E-state index in [0.29, 0.717) is 5.39 Å². The minimum absolute atomic E-state index is 0.00418. The van der Waals surface area contributed by atoms with Crippen LogP contribution in [0.1, 0.15) is 35.7 Å². The molecule has 0 aromatic carbocycles. The highest BCUT2D eigenvalue weighted by Gasteiger charge is 2.40. The zero-order chi connectivity index (χ0) is 32.9. The first-order valence-corrected chi connectivity index (χ1v) is 10.0. The maximum atomic E-state index is 12.1. The van der Waals surface area contributed by atoms with E-state index < -0.39 is 74.5 Å². The predicted molar refractivity (Wildman–Crippen MR) is 122 cm³/mol. The number of aromatic nitrogens is 3. The highest BCUT2D eigenvalue weighted by molar-refractivity contribution is 5.88. The predicted octanol–water partition coefficient (Wildman–Crippen LogP) is 0.827. The van der Waals surface area contributed by atoms with Crippen LogP contribution in [0.25, 0.3) is 16.0 Å². The molecule has 1 aliphatic rings. The van der Waals surface area contributed by atoms with E-state index in [-0.39, 0.29) is 31.0 Å². The van der Waals surface area contributed by atoms with Gasteiger partial charge in [0.25, 0.3) is 0 Å². The number of aromatic amines is 1. The molecular formula is C21H26N6O9. The smallest absolute Gasteiger partial charge is 0.481 e. The fraction of sp³-hybridized carbons (Fsp3) is 0.476. The molecule has 0 spiro atoms. The number of carbonyl (C=O) groups is 4. The molecule has 3 rings (SSSR count). The molecule has 0 bridgehead atoms. The molecule has 2 atom stereocenters. The number of nitrogens with zero attached hydrogens (tertiary/aromatic N) is 5. The summed E-state index contributed by atoms with van der Waals surface area (Å²) in [5, 5.41) is 36.7. The molecule has 3 heterocycles. The van der Waals surface area contributed by atoms with Crippen LogP contribution in [0.4, 0.5) is 10.6 Å². The van der Waals surface area contributed by atoms with Gasteiger partial charge in [0.15, 0.2) is 5.60 Å². The van der Waals surface area contributed by atoms with Crippen LogP contribution in [0.3, 0.4) is 0 Å². The number of H-pyrrole nitrogens is 1. The third-order valence-corrected chi connectivity index (χ3v) is 5.09. The molecule has 0 radical (unpaired) electrons. The van der Waals surface area contributed by atoms with E-state index in [2.05, 4.69) is 24.8 Å². The molecule has 1 amide bonds. The van der Waals surface area contributed by atoms with Gasteiger partial charge in [-0.2, -0.15) is 6.57 Å². The fourth-order valence-electron chi connectivity index (χ4n) is 3.33.